The smallest absolute Gasteiger partial charge is 0.415 e. The van der Waals surface area contributed by atoms with Crippen LogP contribution in [0.25, 0.3) is 6.08 Å². The van der Waals surface area contributed by atoms with Crippen LogP contribution in [0.2, 0.25) is 0 Å². The maximum absolute atomic E-state index is 12.9. The zero-order valence-corrected chi connectivity index (χ0v) is 13.3. The van der Waals surface area contributed by atoms with Gasteiger partial charge in [-0.2, -0.15) is 13.2 Å². The van der Waals surface area contributed by atoms with Gasteiger partial charge in [0.1, 0.15) is 11.9 Å². The molecule has 4 nitrogen and oxygen atoms in total. The minimum Gasteiger partial charge on any atom is -0.462 e. The average molecular weight is 357 g/mol. The van der Waals surface area contributed by atoms with Gasteiger partial charge in [-0.1, -0.05) is 19.2 Å². The Balaban J connectivity index is 3.16. The highest BCUT2D eigenvalue weighted by Gasteiger charge is 2.30. The monoisotopic (exact) mass is 357 g/mol. The van der Waals surface area contributed by atoms with Gasteiger partial charge in [0.25, 0.3) is 0 Å². The van der Waals surface area contributed by atoms with Gasteiger partial charge < -0.3 is 9.47 Å². The Bertz CT molecular complexity index is 721. The van der Waals surface area contributed by atoms with Crippen molar-refractivity contribution in [2.75, 3.05) is 6.61 Å². The van der Waals surface area contributed by atoms with E-state index in [1.165, 1.54) is 18.3 Å². The van der Waals surface area contributed by atoms with Crippen LogP contribution >= 0.6 is 0 Å². The van der Waals surface area contributed by atoms with Gasteiger partial charge in [-0.25, -0.2) is 14.2 Å². The minimum atomic E-state index is -4.66. The second-order valence-electron chi connectivity index (χ2n) is 4.47. The fraction of sp³-hybridized carbons (Fsp3) is 0.176. The Labute approximate surface area is 141 Å². The van der Waals surface area contributed by atoms with Crippen molar-refractivity contribution in [1.82, 2.24) is 4.98 Å². The van der Waals surface area contributed by atoms with E-state index in [0.717, 1.165) is 0 Å². The predicted molar refractivity (Wildman–Crippen MR) is 84.4 cm³/mol. The molecule has 25 heavy (non-hydrogen) atoms. The highest BCUT2D eigenvalue weighted by Crippen LogP contribution is 2.27. The third-order valence-corrected chi connectivity index (χ3v) is 2.78. The van der Waals surface area contributed by atoms with Gasteiger partial charge in [-0.15, -0.1) is 0 Å². The highest BCUT2D eigenvalue weighted by molar-refractivity contribution is 5.95. The number of rotatable bonds is 7. The van der Waals surface area contributed by atoms with Crippen LogP contribution in [-0.2, 0) is 4.74 Å². The number of nitrogens with zero attached hydrogens (tertiary/aromatic N) is 1. The Hall–Kier alpha value is -2.90. The Morgan fingerprint density at radius 2 is 2.04 bits per heavy atom. The number of aromatic nitrogens is 1. The standard InChI is InChI=1S/C17H15F4NO3/c1-4-12-8-9-22-15(14(12)16(23)24-5-2)25-13(10-18)7-6-11(3)17(19,20)21/h4,6-10H,1,3,5H2,2H3/b7-6-,13-10-. The Morgan fingerprint density at radius 1 is 1.36 bits per heavy atom. The van der Waals surface area contributed by atoms with Gasteiger partial charge in [0.15, 0.2) is 5.76 Å². The van der Waals surface area contributed by atoms with Crippen LogP contribution in [0.3, 0.4) is 0 Å². The second-order valence-corrected chi connectivity index (χ2v) is 4.47. The third-order valence-electron chi connectivity index (χ3n) is 2.78. The van der Waals surface area contributed by atoms with Crippen LogP contribution in [0.1, 0.15) is 22.8 Å². The molecule has 0 aromatic carbocycles. The number of hydrogen-bond acceptors (Lipinski definition) is 4. The fourth-order valence-electron chi connectivity index (χ4n) is 1.59. The summed E-state index contributed by atoms with van der Waals surface area (Å²) in [5.41, 5.74) is -1.01. The summed E-state index contributed by atoms with van der Waals surface area (Å²) < 4.78 is 60.1. The molecule has 134 valence electrons. The topological polar surface area (TPSA) is 48.4 Å². The maximum Gasteiger partial charge on any atom is 0.415 e. The molecule has 0 aliphatic carbocycles. The summed E-state index contributed by atoms with van der Waals surface area (Å²) in [6.07, 6.45) is -0.879. The van der Waals surface area contributed by atoms with Crippen molar-refractivity contribution >= 4 is 12.0 Å². The van der Waals surface area contributed by atoms with Gasteiger partial charge in [0.05, 0.1) is 6.61 Å². The first-order chi connectivity index (χ1) is 11.7. The normalized spacial score (nSPS) is 12.1. The largest absolute Gasteiger partial charge is 0.462 e. The van der Waals surface area contributed by atoms with Crippen molar-refractivity contribution in [1.29, 1.82) is 0 Å². The molecular weight excluding hydrogens is 342 g/mol. The molecule has 1 aromatic rings. The molecule has 0 saturated heterocycles. The molecule has 1 aromatic heterocycles. The number of alkyl halides is 3. The zero-order chi connectivity index (χ0) is 19.0. The molecule has 0 spiro atoms. The van der Waals surface area contributed by atoms with Crippen molar-refractivity contribution in [2.45, 2.75) is 13.1 Å². The van der Waals surface area contributed by atoms with E-state index in [2.05, 4.69) is 18.1 Å². The Kier molecular flexibility index (Phi) is 7.10. The number of ether oxygens (including phenoxy) is 2. The molecule has 0 N–H and O–H groups in total. The second kappa shape index (κ2) is 8.81. The maximum atomic E-state index is 12.9. The quantitative estimate of drug-likeness (QED) is 0.305. The van der Waals surface area contributed by atoms with Crippen molar-refractivity contribution in [3.8, 4) is 5.88 Å². The number of halogens is 4. The summed E-state index contributed by atoms with van der Waals surface area (Å²) in [6.45, 7) is 8.00. The van der Waals surface area contributed by atoms with Crippen LogP contribution in [0.4, 0.5) is 17.6 Å². The SMILES string of the molecule is C=Cc1ccnc(OC(/C=C\C(=C)C(F)(F)F)=C\F)c1C(=O)OCC. The molecule has 0 radical (unpaired) electrons. The summed E-state index contributed by atoms with van der Waals surface area (Å²) in [6, 6.07) is 1.45. The molecule has 1 rings (SSSR count). The minimum absolute atomic E-state index is 0.0703. The van der Waals surface area contributed by atoms with E-state index in [1.807, 2.05) is 0 Å². The van der Waals surface area contributed by atoms with E-state index >= 15 is 0 Å². The van der Waals surface area contributed by atoms with E-state index in [1.54, 1.807) is 6.92 Å². The van der Waals surface area contributed by atoms with Crippen LogP contribution in [0.5, 0.6) is 5.88 Å². The van der Waals surface area contributed by atoms with Crippen molar-refractivity contribution in [3.63, 3.8) is 0 Å². The van der Waals surface area contributed by atoms with Crippen molar-refractivity contribution in [3.05, 3.63) is 66.4 Å². The molecular formula is C17H15F4NO3. The summed E-state index contributed by atoms with van der Waals surface area (Å²) in [4.78, 5) is 15.8. The first kappa shape index (κ1) is 20.1. The van der Waals surface area contributed by atoms with E-state index < -0.39 is 23.5 Å². The number of carbonyl (C=O) groups is 1. The van der Waals surface area contributed by atoms with Crippen LogP contribution in [0.15, 0.2) is 55.2 Å². The van der Waals surface area contributed by atoms with Crippen LogP contribution < -0.4 is 4.74 Å². The summed E-state index contributed by atoms with van der Waals surface area (Å²) in [5.74, 6) is -1.73. The number of esters is 1. The average Bonchev–Trinajstić information content (AvgIpc) is 2.57. The molecule has 0 amide bonds. The van der Waals surface area contributed by atoms with E-state index in [9.17, 15) is 22.4 Å². The van der Waals surface area contributed by atoms with Crippen LogP contribution in [-0.4, -0.2) is 23.7 Å². The van der Waals surface area contributed by atoms with Crippen molar-refractivity contribution in [2.24, 2.45) is 0 Å². The fourth-order valence-corrected chi connectivity index (χ4v) is 1.59. The molecule has 8 heteroatoms. The summed E-state index contributed by atoms with van der Waals surface area (Å²) in [5, 5.41) is 0. The predicted octanol–water partition coefficient (Wildman–Crippen LogP) is 4.77. The lowest BCUT2D eigenvalue weighted by atomic mass is 10.1. The lowest BCUT2D eigenvalue weighted by Gasteiger charge is -2.12. The third kappa shape index (κ3) is 5.59. The number of pyridine rings is 1. The van der Waals surface area contributed by atoms with Gasteiger partial charge in [0, 0.05) is 11.8 Å². The number of allylic oxidation sites excluding steroid dienone is 3. The lowest BCUT2D eigenvalue weighted by Crippen LogP contribution is -2.11. The molecule has 0 fully saturated rings. The summed E-state index contributed by atoms with van der Waals surface area (Å²) in [7, 11) is 0. The molecule has 0 aliphatic heterocycles. The van der Waals surface area contributed by atoms with Gasteiger partial charge in [0.2, 0.25) is 5.88 Å². The van der Waals surface area contributed by atoms with E-state index in [4.69, 9.17) is 9.47 Å². The summed E-state index contributed by atoms with van der Waals surface area (Å²) >= 11 is 0. The highest BCUT2D eigenvalue weighted by atomic mass is 19.4. The van der Waals surface area contributed by atoms with Gasteiger partial charge in [-0.05, 0) is 30.7 Å². The zero-order valence-electron chi connectivity index (χ0n) is 13.3. The van der Waals surface area contributed by atoms with Crippen LogP contribution in [0, 0.1) is 0 Å². The molecule has 0 saturated carbocycles. The van der Waals surface area contributed by atoms with E-state index in [0.29, 0.717) is 17.7 Å². The van der Waals surface area contributed by atoms with Gasteiger partial charge in [-0.3, -0.25) is 0 Å². The molecule has 0 bridgehead atoms. The number of carbonyl (C=O) groups excluding carboxylic acids is 1. The van der Waals surface area contributed by atoms with Gasteiger partial charge >= 0.3 is 12.1 Å². The Morgan fingerprint density at radius 3 is 2.56 bits per heavy atom. The first-order valence-electron chi connectivity index (χ1n) is 6.95. The van der Waals surface area contributed by atoms with E-state index in [-0.39, 0.29) is 24.4 Å². The molecule has 0 aliphatic rings. The first-order valence-corrected chi connectivity index (χ1v) is 6.95. The molecule has 0 atom stereocenters. The number of hydrogen-bond donors (Lipinski definition) is 0. The molecule has 1 heterocycles. The lowest BCUT2D eigenvalue weighted by molar-refractivity contribution is -0.0878. The van der Waals surface area contributed by atoms with Crippen molar-refractivity contribution < 1.29 is 31.8 Å². The molecule has 0 unspecified atom stereocenters.